The van der Waals surface area contributed by atoms with Crippen molar-refractivity contribution in [3.8, 4) is 5.88 Å². The average Bonchev–Trinajstić information content (AvgIpc) is 2.46. The van der Waals surface area contributed by atoms with Crippen molar-refractivity contribution in [2.45, 2.75) is 45.4 Å². The van der Waals surface area contributed by atoms with Gasteiger partial charge in [0.2, 0.25) is 5.88 Å². The SMILES string of the molecule is CCCCCCCCOc1ccc2ccccc2n1. The van der Waals surface area contributed by atoms with Gasteiger partial charge in [0.05, 0.1) is 12.1 Å². The lowest BCUT2D eigenvalue weighted by Crippen LogP contribution is -1.99. The monoisotopic (exact) mass is 257 g/mol. The lowest BCUT2D eigenvalue weighted by molar-refractivity contribution is 0.294. The molecule has 0 spiro atoms. The summed E-state index contributed by atoms with van der Waals surface area (Å²) in [7, 11) is 0. The molecular weight excluding hydrogens is 234 g/mol. The van der Waals surface area contributed by atoms with E-state index < -0.39 is 0 Å². The lowest BCUT2D eigenvalue weighted by atomic mass is 10.1. The molecule has 0 N–H and O–H groups in total. The van der Waals surface area contributed by atoms with Crippen LogP contribution in [0.5, 0.6) is 5.88 Å². The Morgan fingerprint density at radius 2 is 1.68 bits per heavy atom. The predicted molar refractivity (Wildman–Crippen MR) is 80.6 cm³/mol. The van der Waals surface area contributed by atoms with Gasteiger partial charge in [0.25, 0.3) is 0 Å². The molecule has 1 heterocycles. The molecule has 0 bridgehead atoms. The van der Waals surface area contributed by atoms with Crippen molar-refractivity contribution in [1.82, 2.24) is 4.98 Å². The number of benzene rings is 1. The Kier molecular flexibility index (Phi) is 5.67. The molecule has 19 heavy (non-hydrogen) atoms. The third kappa shape index (κ3) is 4.55. The van der Waals surface area contributed by atoms with E-state index in [0.717, 1.165) is 29.8 Å². The van der Waals surface area contributed by atoms with Crippen LogP contribution in [0, 0.1) is 0 Å². The molecule has 0 atom stereocenters. The summed E-state index contributed by atoms with van der Waals surface area (Å²) in [5.74, 6) is 0.743. The summed E-state index contributed by atoms with van der Waals surface area (Å²) in [5, 5.41) is 1.16. The van der Waals surface area contributed by atoms with Crippen LogP contribution in [0.25, 0.3) is 10.9 Å². The molecule has 2 rings (SSSR count). The highest BCUT2D eigenvalue weighted by Crippen LogP contribution is 2.16. The number of para-hydroxylation sites is 1. The predicted octanol–water partition coefficient (Wildman–Crippen LogP) is 4.97. The van der Waals surface area contributed by atoms with Crippen LogP contribution in [0.2, 0.25) is 0 Å². The van der Waals surface area contributed by atoms with E-state index in [1.807, 2.05) is 24.3 Å². The fourth-order valence-electron chi connectivity index (χ4n) is 2.19. The quantitative estimate of drug-likeness (QED) is 0.623. The minimum Gasteiger partial charge on any atom is -0.478 e. The van der Waals surface area contributed by atoms with Crippen LogP contribution in [-0.2, 0) is 0 Å². The summed E-state index contributed by atoms with van der Waals surface area (Å²) in [6.45, 7) is 3.02. The highest BCUT2D eigenvalue weighted by atomic mass is 16.5. The van der Waals surface area contributed by atoms with E-state index >= 15 is 0 Å². The number of pyridine rings is 1. The molecule has 1 aromatic carbocycles. The molecule has 0 aliphatic heterocycles. The van der Waals surface area contributed by atoms with E-state index in [9.17, 15) is 0 Å². The third-order valence-corrected chi connectivity index (χ3v) is 3.32. The third-order valence-electron chi connectivity index (χ3n) is 3.32. The second-order valence-corrected chi connectivity index (χ2v) is 4.96. The number of unbranched alkanes of at least 4 members (excludes halogenated alkanes) is 5. The zero-order valence-electron chi connectivity index (χ0n) is 11.8. The van der Waals surface area contributed by atoms with Gasteiger partial charge in [0, 0.05) is 11.5 Å². The summed E-state index contributed by atoms with van der Waals surface area (Å²) in [6, 6.07) is 12.2. The number of hydrogen-bond donors (Lipinski definition) is 0. The summed E-state index contributed by atoms with van der Waals surface area (Å²) in [5.41, 5.74) is 1.00. The van der Waals surface area contributed by atoms with Crippen LogP contribution in [0.4, 0.5) is 0 Å². The molecule has 0 unspecified atom stereocenters. The van der Waals surface area contributed by atoms with Crippen LogP contribution in [0.15, 0.2) is 36.4 Å². The lowest BCUT2D eigenvalue weighted by Gasteiger charge is -2.06. The number of aromatic nitrogens is 1. The van der Waals surface area contributed by atoms with E-state index in [2.05, 4.69) is 24.0 Å². The highest BCUT2D eigenvalue weighted by Gasteiger charge is 1.98. The smallest absolute Gasteiger partial charge is 0.213 e. The fourth-order valence-corrected chi connectivity index (χ4v) is 2.19. The van der Waals surface area contributed by atoms with Crippen molar-refractivity contribution >= 4 is 10.9 Å². The first-order chi connectivity index (χ1) is 9.40. The Morgan fingerprint density at radius 1 is 0.895 bits per heavy atom. The normalized spacial score (nSPS) is 10.8. The van der Waals surface area contributed by atoms with Crippen LogP contribution < -0.4 is 4.74 Å². The molecule has 0 radical (unpaired) electrons. The van der Waals surface area contributed by atoms with Gasteiger partial charge in [-0.2, -0.15) is 0 Å². The molecule has 2 aromatic rings. The van der Waals surface area contributed by atoms with E-state index in [-0.39, 0.29) is 0 Å². The number of ether oxygens (including phenoxy) is 1. The molecule has 0 amide bonds. The Morgan fingerprint density at radius 3 is 2.58 bits per heavy atom. The Labute approximate surface area is 115 Å². The van der Waals surface area contributed by atoms with Crippen LogP contribution >= 0.6 is 0 Å². The van der Waals surface area contributed by atoms with Gasteiger partial charge >= 0.3 is 0 Å². The fraction of sp³-hybridized carbons (Fsp3) is 0.471. The van der Waals surface area contributed by atoms with Crippen molar-refractivity contribution in [1.29, 1.82) is 0 Å². The van der Waals surface area contributed by atoms with E-state index in [0.29, 0.717) is 0 Å². The van der Waals surface area contributed by atoms with Gasteiger partial charge in [-0.05, 0) is 18.6 Å². The maximum atomic E-state index is 5.71. The molecular formula is C17H23NO. The Hall–Kier alpha value is -1.57. The molecule has 0 fully saturated rings. The minimum atomic E-state index is 0.743. The molecule has 0 saturated carbocycles. The molecule has 0 aliphatic carbocycles. The van der Waals surface area contributed by atoms with Gasteiger partial charge in [-0.3, -0.25) is 0 Å². The number of fused-ring (bicyclic) bond motifs is 1. The van der Waals surface area contributed by atoms with Gasteiger partial charge in [-0.25, -0.2) is 4.98 Å². The van der Waals surface area contributed by atoms with Gasteiger partial charge < -0.3 is 4.74 Å². The van der Waals surface area contributed by atoms with E-state index in [1.165, 1.54) is 32.1 Å². The first-order valence-electron chi connectivity index (χ1n) is 7.39. The first kappa shape index (κ1) is 13.9. The van der Waals surface area contributed by atoms with Gasteiger partial charge in [0.15, 0.2) is 0 Å². The van der Waals surface area contributed by atoms with E-state index in [1.54, 1.807) is 0 Å². The molecule has 0 aliphatic rings. The maximum absolute atomic E-state index is 5.71. The highest BCUT2D eigenvalue weighted by molar-refractivity contribution is 5.78. The maximum Gasteiger partial charge on any atom is 0.213 e. The summed E-state index contributed by atoms with van der Waals surface area (Å²) in [4.78, 5) is 4.50. The zero-order chi connectivity index (χ0) is 13.3. The van der Waals surface area contributed by atoms with Crippen molar-refractivity contribution < 1.29 is 4.74 Å². The largest absolute Gasteiger partial charge is 0.478 e. The van der Waals surface area contributed by atoms with Crippen molar-refractivity contribution in [2.24, 2.45) is 0 Å². The molecule has 102 valence electrons. The number of nitrogens with zero attached hydrogens (tertiary/aromatic N) is 1. The van der Waals surface area contributed by atoms with Gasteiger partial charge in [-0.1, -0.05) is 57.2 Å². The Balaban J connectivity index is 1.72. The average molecular weight is 257 g/mol. The number of rotatable bonds is 8. The standard InChI is InChI=1S/C17H23NO/c1-2-3-4-5-6-9-14-19-17-13-12-15-10-7-8-11-16(15)18-17/h7-8,10-13H,2-6,9,14H2,1H3. The van der Waals surface area contributed by atoms with E-state index in [4.69, 9.17) is 4.74 Å². The molecule has 1 aromatic heterocycles. The zero-order valence-corrected chi connectivity index (χ0v) is 11.8. The Bertz CT molecular complexity index is 495. The molecule has 2 heteroatoms. The van der Waals surface area contributed by atoms with Crippen molar-refractivity contribution in [3.63, 3.8) is 0 Å². The second-order valence-electron chi connectivity index (χ2n) is 4.96. The number of hydrogen-bond acceptors (Lipinski definition) is 2. The summed E-state index contributed by atoms with van der Waals surface area (Å²) >= 11 is 0. The first-order valence-corrected chi connectivity index (χ1v) is 7.39. The second kappa shape index (κ2) is 7.78. The topological polar surface area (TPSA) is 22.1 Å². The van der Waals surface area contributed by atoms with Gasteiger partial charge in [-0.15, -0.1) is 0 Å². The van der Waals surface area contributed by atoms with Crippen molar-refractivity contribution in [2.75, 3.05) is 6.61 Å². The van der Waals surface area contributed by atoms with Crippen molar-refractivity contribution in [3.05, 3.63) is 36.4 Å². The molecule has 2 nitrogen and oxygen atoms in total. The van der Waals surface area contributed by atoms with Gasteiger partial charge in [0.1, 0.15) is 0 Å². The molecule has 0 saturated heterocycles. The van der Waals surface area contributed by atoms with Crippen LogP contribution in [0.1, 0.15) is 45.4 Å². The summed E-state index contributed by atoms with van der Waals surface area (Å²) < 4.78 is 5.71. The van der Waals surface area contributed by atoms with Crippen LogP contribution in [-0.4, -0.2) is 11.6 Å². The minimum absolute atomic E-state index is 0.743. The summed E-state index contributed by atoms with van der Waals surface area (Å²) in [6.07, 6.45) is 7.71. The van der Waals surface area contributed by atoms with Crippen LogP contribution in [0.3, 0.4) is 0 Å².